The largest absolute Gasteiger partial charge is 0.471 e. The van der Waals surface area contributed by atoms with E-state index in [0.29, 0.717) is 35.4 Å². The number of benzene rings is 1. The molecule has 0 radical (unpaired) electrons. The van der Waals surface area contributed by atoms with E-state index in [2.05, 4.69) is 9.97 Å². The van der Waals surface area contributed by atoms with Crippen LogP contribution < -0.4 is 15.4 Å². The highest BCUT2D eigenvalue weighted by Gasteiger charge is 2.28. The summed E-state index contributed by atoms with van der Waals surface area (Å²) in [5.74, 6) is 0.487. The van der Waals surface area contributed by atoms with E-state index >= 15 is 0 Å². The lowest BCUT2D eigenvalue weighted by atomic mass is 10.1. The molecule has 28 heavy (non-hydrogen) atoms. The molecule has 1 aliphatic heterocycles. The SMILES string of the molecule is NC(=O)c1cc(-c2ccccc2)cnc1N1CCC(Oc2ncccc2Cl)C1. The van der Waals surface area contributed by atoms with Gasteiger partial charge in [0, 0.05) is 30.9 Å². The number of hydrogen-bond acceptors (Lipinski definition) is 5. The second-order valence-corrected chi connectivity index (χ2v) is 7.00. The van der Waals surface area contributed by atoms with Crippen LogP contribution in [0.1, 0.15) is 16.8 Å². The minimum atomic E-state index is -0.502. The number of nitrogens with zero attached hydrogens (tertiary/aromatic N) is 3. The van der Waals surface area contributed by atoms with Crippen LogP contribution in [0.25, 0.3) is 11.1 Å². The van der Waals surface area contributed by atoms with Crippen molar-refractivity contribution in [3.63, 3.8) is 0 Å². The van der Waals surface area contributed by atoms with Crippen molar-refractivity contribution < 1.29 is 9.53 Å². The zero-order valence-electron chi connectivity index (χ0n) is 15.1. The highest BCUT2D eigenvalue weighted by Crippen LogP contribution is 2.29. The van der Waals surface area contributed by atoms with Gasteiger partial charge in [-0.15, -0.1) is 0 Å². The fraction of sp³-hybridized carbons (Fsp3) is 0.190. The van der Waals surface area contributed by atoms with Crippen molar-refractivity contribution >= 4 is 23.3 Å². The topological polar surface area (TPSA) is 81.3 Å². The molecule has 2 N–H and O–H groups in total. The molecule has 1 amide bonds. The summed E-state index contributed by atoms with van der Waals surface area (Å²) in [4.78, 5) is 22.8. The number of carbonyl (C=O) groups is 1. The molecule has 0 saturated carbocycles. The molecule has 4 rings (SSSR count). The third-order valence-electron chi connectivity index (χ3n) is 4.69. The van der Waals surface area contributed by atoms with E-state index in [1.807, 2.05) is 35.2 Å². The van der Waals surface area contributed by atoms with Crippen LogP contribution in [0.3, 0.4) is 0 Å². The Balaban J connectivity index is 1.56. The molecule has 2 aromatic heterocycles. The van der Waals surface area contributed by atoms with Crippen LogP contribution in [-0.4, -0.2) is 35.1 Å². The van der Waals surface area contributed by atoms with E-state index in [-0.39, 0.29) is 6.10 Å². The van der Waals surface area contributed by atoms with Crippen LogP contribution in [0.2, 0.25) is 5.02 Å². The molecule has 0 aliphatic carbocycles. The Morgan fingerprint density at radius 3 is 2.71 bits per heavy atom. The van der Waals surface area contributed by atoms with Crippen molar-refractivity contribution in [1.29, 1.82) is 0 Å². The van der Waals surface area contributed by atoms with Gasteiger partial charge in [0.25, 0.3) is 5.91 Å². The molecule has 1 aliphatic rings. The van der Waals surface area contributed by atoms with Crippen LogP contribution in [0.5, 0.6) is 5.88 Å². The van der Waals surface area contributed by atoms with Gasteiger partial charge < -0.3 is 15.4 Å². The van der Waals surface area contributed by atoms with Gasteiger partial charge in [0.15, 0.2) is 0 Å². The minimum Gasteiger partial charge on any atom is -0.471 e. The van der Waals surface area contributed by atoms with E-state index in [0.717, 1.165) is 17.5 Å². The normalized spacial score (nSPS) is 16.2. The Kier molecular flexibility index (Phi) is 5.12. The number of hydrogen-bond donors (Lipinski definition) is 1. The molecule has 3 aromatic rings. The molecule has 6 nitrogen and oxygen atoms in total. The smallest absolute Gasteiger partial charge is 0.252 e. The molecule has 142 valence electrons. The van der Waals surface area contributed by atoms with Crippen molar-refractivity contribution in [2.24, 2.45) is 5.73 Å². The van der Waals surface area contributed by atoms with E-state index in [9.17, 15) is 4.79 Å². The summed E-state index contributed by atoms with van der Waals surface area (Å²) in [6.45, 7) is 1.28. The predicted molar refractivity (Wildman–Crippen MR) is 109 cm³/mol. The first-order valence-corrected chi connectivity index (χ1v) is 9.37. The lowest BCUT2D eigenvalue weighted by Gasteiger charge is -2.20. The second-order valence-electron chi connectivity index (χ2n) is 6.59. The van der Waals surface area contributed by atoms with E-state index in [1.165, 1.54) is 0 Å². The minimum absolute atomic E-state index is 0.0938. The quantitative estimate of drug-likeness (QED) is 0.715. The Morgan fingerprint density at radius 1 is 1.14 bits per heavy atom. The molecule has 7 heteroatoms. The van der Waals surface area contributed by atoms with Gasteiger partial charge in [-0.25, -0.2) is 9.97 Å². The van der Waals surface area contributed by atoms with Gasteiger partial charge >= 0.3 is 0 Å². The summed E-state index contributed by atoms with van der Waals surface area (Å²) in [6.07, 6.45) is 4.08. The van der Waals surface area contributed by atoms with Crippen LogP contribution in [0.4, 0.5) is 5.82 Å². The molecule has 3 heterocycles. The Bertz CT molecular complexity index is 997. The first-order valence-electron chi connectivity index (χ1n) is 8.99. The summed E-state index contributed by atoms with van der Waals surface area (Å²) >= 11 is 6.12. The van der Waals surface area contributed by atoms with Crippen LogP contribution in [0.15, 0.2) is 60.9 Å². The number of amides is 1. The zero-order chi connectivity index (χ0) is 19.5. The fourth-order valence-corrected chi connectivity index (χ4v) is 3.48. The Labute approximate surface area is 167 Å². The summed E-state index contributed by atoms with van der Waals surface area (Å²) < 4.78 is 5.92. The number of rotatable bonds is 5. The molecule has 0 bridgehead atoms. The maximum Gasteiger partial charge on any atom is 0.252 e. The third kappa shape index (κ3) is 3.77. The molecular weight excluding hydrogens is 376 g/mol. The van der Waals surface area contributed by atoms with Crippen molar-refractivity contribution in [3.05, 3.63) is 71.5 Å². The average molecular weight is 395 g/mol. The molecule has 1 saturated heterocycles. The number of ether oxygens (including phenoxy) is 1. The number of nitrogens with two attached hydrogens (primary N) is 1. The summed E-state index contributed by atoms with van der Waals surface area (Å²) in [6, 6.07) is 15.1. The van der Waals surface area contributed by atoms with E-state index in [4.69, 9.17) is 22.1 Å². The van der Waals surface area contributed by atoms with E-state index in [1.54, 1.807) is 30.6 Å². The van der Waals surface area contributed by atoms with Crippen molar-refractivity contribution in [2.75, 3.05) is 18.0 Å². The molecule has 1 atom stereocenters. The maximum absolute atomic E-state index is 12.1. The molecule has 1 aromatic carbocycles. The number of primary amides is 1. The summed E-state index contributed by atoms with van der Waals surface area (Å²) in [5.41, 5.74) is 7.88. The summed E-state index contributed by atoms with van der Waals surface area (Å²) in [5, 5.41) is 0.476. The molecule has 0 spiro atoms. The maximum atomic E-state index is 12.1. The van der Waals surface area contributed by atoms with Gasteiger partial charge in [0.2, 0.25) is 5.88 Å². The summed E-state index contributed by atoms with van der Waals surface area (Å²) in [7, 11) is 0. The standard InChI is InChI=1S/C21H19ClN4O2/c22-18-7-4-9-24-21(18)28-16-8-10-26(13-16)20-17(19(23)27)11-15(12-25-20)14-5-2-1-3-6-14/h1-7,9,11-12,16H,8,10,13H2,(H2,23,27). The fourth-order valence-electron chi connectivity index (χ4n) is 3.31. The Hall–Kier alpha value is -3.12. The van der Waals surface area contributed by atoms with Crippen molar-refractivity contribution in [2.45, 2.75) is 12.5 Å². The van der Waals surface area contributed by atoms with Crippen molar-refractivity contribution in [1.82, 2.24) is 9.97 Å². The number of carbonyl (C=O) groups excluding carboxylic acids is 1. The first-order chi connectivity index (χ1) is 13.6. The molecule has 1 unspecified atom stereocenters. The number of halogens is 1. The number of anilines is 1. The highest BCUT2D eigenvalue weighted by atomic mass is 35.5. The van der Waals surface area contributed by atoms with Gasteiger partial charge in [-0.3, -0.25) is 4.79 Å². The van der Waals surface area contributed by atoms with Crippen LogP contribution >= 0.6 is 11.6 Å². The lowest BCUT2D eigenvalue weighted by molar-refractivity contribution is 0.100. The highest BCUT2D eigenvalue weighted by molar-refractivity contribution is 6.31. The van der Waals surface area contributed by atoms with Gasteiger partial charge in [0.1, 0.15) is 16.9 Å². The van der Waals surface area contributed by atoms with Gasteiger partial charge in [-0.2, -0.15) is 0 Å². The molecule has 1 fully saturated rings. The predicted octanol–water partition coefficient (Wildman–Crippen LogP) is 3.55. The Morgan fingerprint density at radius 2 is 1.96 bits per heavy atom. The first kappa shape index (κ1) is 18.3. The average Bonchev–Trinajstić information content (AvgIpc) is 3.18. The van der Waals surface area contributed by atoms with Gasteiger partial charge in [0.05, 0.1) is 12.1 Å². The van der Waals surface area contributed by atoms with Crippen LogP contribution in [0, 0.1) is 0 Å². The van der Waals surface area contributed by atoms with Crippen molar-refractivity contribution in [3.8, 4) is 17.0 Å². The van der Waals surface area contributed by atoms with E-state index < -0.39 is 5.91 Å². The monoisotopic (exact) mass is 394 g/mol. The third-order valence-corrected chi connectivity index (χ3v) is 4.97. The zero-order valence-corrected chi connectivity index (χ0v) is 15.8. The van der Waals surface area contributed by atoms with Gasteiger partial charge in [-0.05, 0) is 23.8 Å². The lowest BCUT2D eigenvalue weighted by Crippen LogP contribution is -2.28. The van der Waals surface area contributed by atoms with Gasteiger partial charge in [-0.1, -0.05) is 41.9 Å². The number of pyridine rings is 2. The molecular formula is C21H19ClN4O2. The number of aromatic nitrogens is 2. The second kappa shape index (κ2) is 7.86. The van der Waals surface area contributed by atoms with Crippen LogP contribution in [-0.2, 0) is 0 Å².